The Morgan fingerprint density at radius 2 is 2.00 bits per heavy atom. The highest BCUT2D eigenvalue weighted by molar-refractivity contribution is 9.10. The highest BCUT2D eigenvalue weighted by Crippen LogP contribution is 2.31. The van der Waals surface area contributed by atoms with E-state index < -0.39 is 0 Å². The van der Waals surface area contributed by atoms with Crippen molar-refractivity contribution in [3.05, 3.63) is 56.5 Å². The van der Waals surface area contributed by atoms with Crippen LogP contribution in [0.25, 0.3) is 0 Å². The standard InChI is InChI=1S/C16H13BrCl2N2S/c17-11-3-6-15-10(8-11)2-1-7-21(15)16(22)20-14-5-4-12(18)9-13(14)19/h3-6,8-9H,1-2,7H2,(H,20,22). The highest BCUT2D eigenvalue weighted by atomic mass is 79.9. The molecule has 6 heteroatoms. The number of nitrogens with one attached hydrogen (secondary N) is 1. The van der Waals surface area contributed by atoms with Crippen molar-refractivity contribution in [1.82, 2.24) is 0 Å². The lowest BCUT2D eigenvalue weighted by atomic mass is 10.0. The minimum atomic E-state index is 0.558. The van der Waals surface area contributed by atoms with E-state index in [1.165, 1.54) is 5.56 Å². The molecule has 1 aliphatic heterocycles. The number of fused-ring (bicyclic) bond motifs is 1. The maximum Gasteiger partial charge on any atom is 0.177 e. The third-order valence-electron chi connectivity index (χ3n) is 3.58. The van der Waals surface area contributed by atoms with E-state index in [0.717, 1.165) is 35.2 Å². The van der Waals surface area contributed by atoms with E-state index in [2.05, 4.69) is 38.3 Å². The van der Waals surface area contributed by atoms with Gasteiger partial charge < -0.3 is 10.2 Å². The zero-order chi connectivity index (χ0) is 15.7. The van der Waals surface area contributed by atoms with Gasteiger partial charge >= 0.3 is 0 Å². The summed E-state index contributed by atoms with van der Waals surface area (Å²) >= 11 is 21.2. The predicted molar refractivity (Wildman–Crippen MR) is 102 cm³/mol. The summed E-state index contributed by atoms with van der Waals surface area (Å²) in [5, 5.41) is 5.03. The average Bonchev–Trinajstić information content (AvgIpc) is 2.49. The summed E-state index contributed by atoms with van der Waals surface area (Å²) in [5.74, 6) is 0. The number of halogens is 3. The highest BCUT2D eigenvalue weighted by Gasteiger charge is 2.20. The van der Waals surface area contributed by atoms with Crippen LogP contribution < -0.4 is 10.2 Å². The van der Waals surface area contributed by atoms with Gasteiger partial charge in [0.2, 0.25) is 0 Å². The normalized spacial score (nSPS) is 13.7. The van der Waals surface area contributed by atoms with Crippen molar-refractivity contribution in [2.45, 2.75) is 12.8 Å². The smallest absolute Gasteiger partial charge is 0.177 e. The fourth-order valence-electron chi connectivity index (χ4n) is 2.55. The van der Waals surface area contributed by atoms with Gasteiger partial charge in [0, 0.05) is 21.7 Å². The molecule has 0 bridgehead atoms. The lowest BCUT2D eigenvalue weighted by Crippen LogP contribution is -2.38. The molecular formula is C16H13BrCl2N2S. The van der Waals surface area contributed by atoms with Gasteiger partial charge in [0.1, 0.15) is 0 Å². The second-order valence-electron chi connectivity index (χ2n) is 5.08. The monoisotopic (exact) mass is 414 g/mol. The quantitative estimate of drug-likeness (QED) is 0.583. The molecule has 0 amide bonds. The van der Waals surface area contributed by atoms with Crippen LogP contribution in [0, 0.1) is 0 Å². The van der Waals surface area contributed by atoms with Crippen molar-refractivity contribution in [2.75, 3.05) is 16.8 Å². The Morgan fingerprint density at radius 1 is 1.18 bits per heavy atom. The van der Waals surface area contributed by atoms with Gasteiger partial charge in [0.15, 0.2) is 5.11 Å². The topological polar surface area (TPSA) is 15.3 Å². The fourth-order valence-corrected chi connectivity index (χ4v) is 3.71. The number of hydrogen-bond acceptors (Lipinski definition) is 1. The van der Waals surface area contributed by atoms with Crippen LogP contribution in [-0.4, -0.2) is 11.7 Å². The van der Waals surface area contributed by atoms with Crippen molar-refractivity contribution in [3.8, 4) is 0 Å². The second-order valence-corrected chi connectivity index (χ2v) is 7.23. The first-order valence-electron chi connectivity index (χ1n) is 6.86. The van der Waals surface area contributed by atoms with Gasteiger partial charge in [-0.1, -0.05) is 39.1 Å². The molecule has 0 radical (unpaired) electrons. The molecule has 114 valence electrons. The number of benzene rings is 2. The summed E-state index contributed by atoms with van der Waals surface area (Å²) in [6.45, 7) is 0.895. The largest absolute Gasteiger partial charge is 0.331 e. The molecule has 0 aliphatic carbocycles. The third-order valence-corrected chi connectivity index (χ3v) is 4.94. The maximum atomic E-state index is 6.20. The van der Waals surface area contributed by atoms with Crippen LogP contribution in [0.3, 0.4) is 0 Å². The molecule has 0 atom stereocenters. The van der Waals surface area contributed by atoms with Crippen LogP contribution in [-0.2, 0) is 6.42 Å². The van der Waals surface area contributed by atoms with Gasteiger partial charge in [-0.3, -0.25) is 0 Å². The van der Waals surface area contributed by atoms with Gasteiger partial charge in [0.05, 0.1) is 10.7 Å². The molecule has 2 nitrogen and oxygen atoms in total. The first kappa shape index (κ1) is 16.1. The zero-order valence-corrected chi connectivity index (χ0v) is 15.5. The van der Waals surface area contributed by atoms with Crippen LogP contribution in [0.15, 0.2) is 40.9 Å². The Hall–Kier alpha value is -0.810. The van der Waals surface area contributed by atoms with Crippen LogP contribution in [0.4, 0.5) is 11.4 Å². The SMILES string of the molecule is S=C(Nc1ccc(Cl)cc1Cl)N1CCCc2cc(Br)ccc21. The molecule has 0 aromatic heterocycles. The minimum Gasteiger partial charge on any atom is -0.331 e. The van der Waals surface area contributed by atoms with E-state index in [9.17, 15) is 0 Å². The molecule has 2 aromatic rings. The van der Waals surface area contributed by atoms with Gasteiger partial charge in [-0.25, -0.2) is 0 Å². The molecule has 1 aliphatic rings. The summed E-state index contributed by atoms with van der Waals surface area (Å²) in [6, 6.07) is 11.6. The lowest BCUT2D eigenvalue weighted by Gasteiger charge is -2.32. The predicted octanol–water partition coefficient (Wildman–Crippen LogP) is 5.91. The molecule has 0 fully saturated rings. The first-order chi connectivity index (χ1) is 10.5. The molecular weight excluding hydrogens is 403 g/mol. The van der Waals surface area contributed by atoms with E-state index in [4.69, 9.17) is 35.4 Å². The number of thiocarbonyl (C=S) groups is 1. The maximum absolute atomic E-state index is 6.20. The summed E-state index contributed by atoms with van der Waals surface area (Å²) in [4.78, 5) is 2.12. The van der Waals surface area contributed by atoms with Gasteiger partial charge in [0.25, 0.3) is 0 Å². The minimum absolute atomic E-state index is 0.558. The molecule has 0 saturated heterocycles. The summed E-state index contributed by atoms with van der Waals surface area (Å²) in [6.07, 6.45) is 2.13. The summed E-state index contributed by atoms with van der Waals surface area (Å²) in [7, 11) is 0. The number of nitrogens with zero attached hydrogens (tertiary/aromatic N) is 1. The Labute approximate surface area is 153 Å². The fraction of sp³-hybridized carbons (Fsp3) is 0.188. The summed E-state index contributed by atoms with van der Waals surface area (Å²) < 4.78 is 1.09. The first-order valence-corrected chi connectivity index (χ1v) is 8.82. The second kappa shape index (κ2) is 6.75. The van der Waals surface area contributed by atoms with E-state index in [1.54, 1.807) is 12.1 Å². The average molecular weight is 416 g/mol. The van der Waals surface area contributed by atoms with Crippen molar-refractivity contribution in [2.24, 2.45) is 0 Å². The Kier molecular flexibility index (Phi) is 4.93. The van der Waals surface area contributed by atoms with Crippen molar-refractivity contribution in [3.63, 3.8) is 0 Å². The lowest BCUT2D eigenvalue weighted by molar-refractivity contribution is 0.780. The van der Waals surface area contributed by atoms with Gasteiger partial charge in [-0.15, -0.1) is 0 Å². The van der Waals surface area contributed by atoms with Crippen molar-refractivity contribution < 1.29 is 0 Å². The van der Waals surface area contributed by atoms with Crippen molar-refractivity contribution in [1.29, 1.82) is 0 Å². The van der Waals surface area contributed by atoms with Crippen LogP contribution in [0.1, 0.15) is 12.0 Å². The Morgan fingerprint density at radius 3 is 2.77 bits per heavy atom. The summed E-state index contributed by atoms with van der Waals surface area (Å²) in [5.41, 5.74) is 3.21. The van der Waals surface area contributed by atoms with Crippen LogP contribution in [0.2, 0.25) is 10.0 Å². The molecule has 3 rings (SSSR count). The molecule has 0 unspecified atom stereocenters. The molecule has 1 heterocycles. The number of rotatable bonds is 1. The van der Waals surface area contributed by atoms with E-state index in [-0.39, 0.29) is 0 Å². The molecule has 1 N–H and O–H groups in total. The number of hydrogen-bond donors (Lipinski definition) is 1. The van der Waals surface area contributed by atoms with E-state index in [1.807, 2.05) is 12.1 Å². The van der Waals surface area contributed by atoms with Crippen molar-refractivity contribution >= 4 is 67.8 Å². The zero-order valence-electron chi connectivity index (χ0n) is 11.6. The van der Waals surface area contributed by atoms with E-state index >= 15 is 0 Å². The van der Waals surface area contributed by atoms with Gasteiger partial charge in [-0.2, -0.15) is 0 Å². The number of aryl methyl sites for hydroxylation is 1. The van der Waals surface area contributed by atoms with Crippen LogP contribution >= 0.6 is 51.3 Å². The molecule has 0 spiro atoms. The van der Waals surface area contributed by atoms with Crippen LogP contribution in [0.5, 0.6) is 0 Å². The van der Waals surface area contributed by atoms with E-state index in [0.29, 0.717) is 15.2 Å². The number of anilines is 2. The Bertz CT molecular complexity index is 736. The Balaban J connectivity index is 1.85. The molecule has 22 heavy (non-hydrogen) atoms. The molecule has 0 saturated carbocycles. The molecule has 2 aromatic carbocycles. The third kappa shape index (κ3) is 3.40. The van der Waals surface area contributed by atoms with Gasteiger partial charge in [-0.05, 0) is 67.0 Å².